The first-order chi connectivity index (χ1) is 12.9. The number of nitrogens with one attached hydrogen (secondary N) is 1. The number of nitrogens with zero attached hydrogens (tertiary/aromatic N) is 4. The van der Waals surface area contributed by atoms with Crippen molar-refractivity contribution in [2.45, 2.75) is 33.5 Å². The lowest BCUT2D eigenvalue weighted by Crippen LogP contribution is -2.19. The molecule has 0 spiro atoms. The molecule has 140 valence electrons. The standard InChI is InChI=1S/C19H20FN5O2/c1-12-7-15(19(26)27)8-17(22-12)9-21-10-18-24-23-13(2)25(18)11-14-3-5-16(20)6-4-14/h3-8,21H,9-11H2,1-2H3,(H,26,27). The van der Waals surface area contributed by atoms with Crippen molar-refractivity contribution >= 4 is 5.97 Å². The fourth-order valence-electron chi connectivity index (χ4n) is 2.79. The molecule has 7 nitrogen and oxygen atoms in total. The van der Waals surface area contributed by atoms with Crippen molar-refractivity contribution in [2.75, 3.05) is 0 Å². The van der Waals surface area contributed by atoms with E-state index in [1.54, 1.807) is 25.1 Å². The van der Waals surface area contributed by atoms with Gasteiger partial charge in [-0.3, -0.25) is 4.98 Å². The first kappa shape index (κ1) is 18.7. The van der Waals surface area contributed by atoms with E-state index in [4.69, 9.17) is 5.11 Å². The van der Waals surface area contributed by atoms with Crippen molar-refractivity contribution < 1.29 is 14.3 Å². The van der Waals surface area contributed by atoms with E-state index in [0.717, 1.165) is 17.2 Å². The number of hydrogen-bond acceptors (Lipinski definition) is 5. The minimum atomic E-state index is -0.976. The Morgan fingerprint density at radius 2 is 1.89 bits per heavy atom. The highest BCUT2D eigenvalue weighted by Crippen LogP contribution is 2.10. The van der Waals surface area contributed by atoms with E-state index in [1.807, 2.05) is 11.5 Å². The van der Waals surface area contributed by atoms with E-state index >= 15 is 0 Å². The van der Waals surface area contributed by atoms with Gasteiger partial charge in [-0.25, -0.2) is 9.18 Å². The molecule has 0 atom stereocenters. The molecule has 0 aliphatic heterocycles. The van der Waals surface area contributed by atoms with Crippen LogP contribution >= 0.6 is 0 Å². The molecular formula is C19H20FN5O2. The predicted octanol–water partition coefficient (Wildman–Crippen LogP) is 2.47. The topological polar surface area (TPSA) is 92.9 Å². The highest BCUT2D eigenvalue weighted by atomic mass is 19.1. The Morgan fingerprint density at radius 1 is 1.15 bits per heavy atom. The third-order valence-electron chi connectivity index (χ3n) is 4.11. The number of benzene rings is 1. The summed E-state index contributed by atoms with van der Waals surface area (Å²) >= 11 is 0. The van der Waals surface area contributed by atoms with Crippen molar-refractivity contribution in [2.24, 2.45) is 0 Å². The monoisotopic (exact) mass is 369 g/mol. The van der Waals surface area contributed by atoms with Gasteiger partial charge in [0, 0.05) is 12.2 Å². The van der Waals surface area contributed by atoms with Gasteiger partial charge in [-0.05, 0) is 43.7 Å². The van der Waals surface area contributed by atoms with Crippen molar-refractivity contribution in [3.63, 3.8) is 0 Å². The summed E-state index contributed by atoms with van der Waals surface area (Å²) in [6, 6.07) is 9.41. The van der Waals surface area contributed by atoms with Crippen LogP contribution in [0.15, 0.2) is 36.4 Å². The van der Waals surface area contributed by atoms with Crippen LogP contribution in [-0.4, -0.2) is 30.8 Å². The van der Waals surface area contributed by atoms with Crippen LogP contribution in [0.25, 0.3) is 0 Å². The number of aryl methyl sites for hydroxylation is 2. The molecule has 27 heavy (non-hydrogen) atoms. The first-order valence-corrected chi connectivity index (χ1v) is 8.47. The maximum absolute atomic E-state index is 13.1. The molecule has 0 amide bonds. The van der Waals surface area contributed by atoms with Gasteiger partial charge in [-0.15, -0.1) is 10.2 Å². The zero-order valence-electron chi connectivity index (χ0n) is 15.1. The fraction of sp³-hybridized carbons (Fsp3) is 0.263. The van der Waals surface area contributed by atoms with Gasteiger partial charge >= 0.3 is 5.97 Å². The number of pyridine rings is 1. The van der Waals surface area contributed by atoms with Gasteiger partial charge in [-0.2, -0.15) is 0 Å². The molecule has 8 heteroatoms. The summed E-state index contributed by atoms with van der Waals surface area (Å²) in [6.07, 6.45) is 0. The maximum atomic E-state index is 13.1. The zero-order valence-corrected chi connectivity index (χ0v) is 15.1. The number of aromatic nitrogens is 4. The molecule has 2 aromatic heterocycles. The van der Waals surface area contributed by atoms with E-state index < -0.39 is 5.97 Å². The number of hydrogen-bond donors (Lipinski definition) is 2. The summed E-state index contributed by atoms with van der Waals surface area (Å²) in [5.41, 5.74) is 2.47. The van der Waals surface area contributed by atoms with Crippen molar-refractivity contribution in [1.29, 1.82) is 0 Å². The van der Waals surface area contributed by atoms with Crippen LogP contribution in [0.4, 0.5) is 4.39 Å². The molecule has 2 N–H and O–H groups in total. The molecule has 0 saturated heterocycles. The number of carbonyl (C=O) groups is 1. The van der Waals surface area contributed by atoms with E-state index in [1.165, 1.54) is 18.2 Å². The van der Waals surface area contributed by atoms with Gasteiger partial charge in [0.1, 0.15) is 17.5 Å². The average Bonchev–Trinajstić information content (AvgIpc) is 2.96. The molecular weight excluding hydrogens is 349 g/mol. The van der Waals surface area contributed by atoms with E-state index in [-0.39, 0.29) is 11.4 Å². The van der Waals surface area contributed by atoms with Crippen LogP contribution in [0.1, 0.15) is 39.0 Å². The Hall–Kier alpha value is -3.13. The predicted molar refractivity (Wildman–Crippen MR) is 96.7 cm³/mol. The molecule has 0 aliphatic rings. The smallest absolute Gasteiger partial charge is 0.335 e. The van der Waals surface area contributed by atoms with E-state index in [0.29, 0.717) is 31.0 Å². The summed E-state index contributed by atoms with van der Waals surface area (Å²) < 4.78 is 15.0. The molecule has 3 rings (SSSR count). The molecule has 0 unspecified atom stereocenters. The molecule has 2 heterocycles. The summed E-state index contributed by atoms with van der Waals surface area (Å²) in [5, 5.41) is 20.7. The number of rotatable bonds is 7. The molecule has 0 radical (unpaired) electrons. The lowest BCUT2D eigenvalue weighted by atomic mass is 10.2. The quantitative estimate of drug-likeness (QED) is 0.665. The van der Waals surface area contributed by atoms with Gasteiger partial charge < -0.3 is 15.0 Å². The number of carboxylic acids is 1. The lowest BCUT2D eigenvalue weighted by molar-refractivity contribution is 0.0696. The molecule has 0 saturated carbocycles. The van der Waals surface area contributed by atoms with Crippen molar-refractivity contribution in [3.05, 3.63) is 76.4 Å². The second-order valence-electron chi connectivity index (χ2n) is 6.27. The van der Waals surface area contributed by atoms with Crippen LogP contribution in [0.3, 0.4) is 0 Å². The second-order valence-corrected chi connectivity index (χ2v) is 6.27. The maximum Gasteiger partial charge on any atom is 0.335 e. The molecule has 0 bridgehead atoms. The average molecular weight is 369 g/mol. The summed E-state index contributed by atoms with van der Waals surface area (Å²) in [6.45, 7) is 5.02. The molecule has 1 aromatic carbocycles. The largest absolute Gasteiger partial charge is 0.478 e. The first-order valence-electron chi connectivity index (χ1n) is 8.47. The van der Waals surface area contributed by atoms with Gasteiger partial charge in [-0.1, -0.05) is 12.1 Å². The highest BCUT2D eigenvalue weighted by molar-refractivity contribution is 5.87. The zero-order chi connectivity index (χ0) is 19.4. The van der Waals surface area contributed by atoms with Gasteiger partial charge in [0.05, 0.1) is 24.3 Å². The SMILES string of the molecule is Cc1cc(C(=O)O)cc(CNCc2nnc(C)n2Cc2ccc(F)cc2)n1. The number of halogens is 1. The minimum absolute atomic E-state index is 0.217. The summed E-state index contributed by atoms with van der Waals surface area (Å²) in [7, 11) is 0. The van der Waals surface area contributed by atoms with Crippen LogP contribution in [0.2, 0.25) is 0 Å². The normalized spacial score (nSPS) is 10.9. The van der Waals surface area contributed by atoms with Crippen LogP contribution in [-0.2, 0) is 19.6 Å². The van der Waals surface area contributed by atoms with Crippen LogP contribution in [0.5, 0.6) is 0 Å². The minimum Gasteiger partial charge on any atom is -0.478 e. The Labute approximate surface area is 155 Å². The third kappa shape index (κ3) is 4.73. The van der Waals surface area contributed by atoms with Crippen molar-refractivity contribution in [1.82, 2.24) is 25.1 Å². The third-order valence-corrected chi connectivity index (χ3v) is 4.11. The van der Waals surface area contributed by atoms with Gasteiger partial charge in [0.15, 0.2) is 0 Å². The molecule has 0 fully saturated rings. The Morgan fingerprint density at radius 3 is 2.59 bits per heavy atom. The highest BCUT2D eigenvalue weighted by Gasteiger charge is 2.10. The second kappa shape index (κ2) is 8.05. The fourth-order valence-corrected chi connectivity index (χ4v) is 2.79. The Bertz CT molecular complexity index is 953. The van der Waals surface area contributed by atoms with Crippen LogP contribution < -0.4 is 5.32 Å². The summed E-state index contributed by atoms with van der Waals surface area (Å²) in [4.78, 5) is 15.5. The van der Waals surface area contributed by atoms with E-state index in [9.17, 15) is 9.18 Å². The van der Waals surface area contributed by atoms with Gasteiger partial charge in [0.2, 0.25) is 0 Å². The van der Waals surface area contributed by atoms with Crippen molar-refractivity contribution in [3.8, 4) is 0 Å². The Kier molecular flexibility index (Phi) is 5.56. The number of aromatic carboxylic acids is 1. The van der Waals surface area contributed by atoms with Crippen LogP contribution in [0, 0.1) is 19.7 Å². The Balaban J connectivity index is 1.67. The number of carboxylic acid groups (broad SMARTS) is 1. The lowest BCUT2D eigenvalue weighted by Gasteiger charge is -2.10. The summed E-state index contributed by atoms with van der Waals surface area (Å²) in [5.74, 6) is 0.254. The van der Waals surface area contributed by atoms with E-state index in [2.05, 4.69) is 20.5 Å². The van der Waals surface area contributed by atoms with Gasteiger partial charge in [0.25, 0.3) is 0 Å². The molecule has 3 aromatic rings. The molecule has 0 aliphatic carbocycles.